The molecule has 1 aromatic heterocycles. The second-order valence-electron chi connectivity index (χ2n) is 5.36. The first kappa shape index (κ1) is 15.5. The number of anilines is 1. The monoisotopic (exact) mass is 324 g/mol. The molecule has 23 heavy (non-hydrogen) atoms. The van der Waals surface area contributed by atoms with E-state index in [1.807, 2.05) is 0 Å². The predicted molar refractivity (Wildman–Crippen MR) is 75.8 cm³/mol. The quantitative estimate of drug-likeness (QED) is 0.749. The number of hydrogen-bond acceptors (Lipinski definition) is 2. The van der Waals surface area contributed by atoms with Gasteiger partial charge in [-0.25, -0.2) is 4.39 Å². The van der Waals surface area contributed by atoms with Gasteiger partial charge in [0.25, 0.3) is 5.91 Å². The summed E-state index contributed by atoms with van der Waals surface area (Å²) in [6, 6.07) is 3.49. The maximum atomic E-state index is 13.6. The minimum Gasteiger partial charge on any atom is -0.306 e. The van der Waals surface area contributed by atoms with E-state index in [0.717, 1.165) is 23.4 Å². The molecule has 2 heterocycles. The standard InChI is InChI=1S/C16H12F4N2O/c1-9-6-11-10(7-13(9)17)3-5-22(15(11)23)14-8-21-4-2-12(14)16(18,19)20/h2,4,6-8H,3,5H2,1H3. The summed E-state index contributed by atoms with van der Waals surface area (Å²) in [6.45, 7) is 1.55. The average Bonchev–Trinajstić information content (AvgIpc) is 2.49. The zero-order valence-electron chi connectivity index (χ0n) is 12.1. The number of hydrogen-bond donors (Lipinski definition) is 0. The molecule has 0 N–H and O–H groups in total. The summed E-state index contributed by atoms with van der Waals surface area (Å²) in [5.74, 6) is -1.00. The molecule has 0 radical (unpaired) electrons. The average molecular weight is 324 g/mol. The fraction of sp³-hybridized carbons (Fsp3) is 0.250. The molecule has 3 nitrogen and oxygen atoms in total. The molecule has 120 valence electrons. The molecule has 2 aromatic rings. The largest absolute Gasteiger partial charge is 0.418 e. The van der Waals surface area contributed by atoms with Crippen LogP contribution in [0.2, 0.25) is 0 Å². The fourth-order valence-corrected chi connectivity index (χ4v) is 2.68. The second-order valence-corrected chi connectivity index (χ2v) is 5.36. The van der Waals surface area contributed by atoms with Gasteiger partial charge in [-0.05, 0) is 42.7 Å². The molecule has 0 saturated heterocycles. The Morgan fingerprint density at radius 1 is 1.26 bits per heavy atom. The lowest BCUT2D eigenvalue weighted by Gasteiger charge is -2.30. The zero-order chi connectivity index (χ0) is 16.8. The number of aromatic nitrogens is 1. The lowest BCUT2D eigenvalue weighted by Crippen LogP contribution is -2.39. The van der Waals surface area contributed by atoms with E-state index in [2.05, 4.69) is 4.98 Å². The molecular weight excluding hydrogens is 312 g/mol. The minimum atomic E-state index is -4.59. The van der Waals surface area contributed by atoms with Crippen molar-refractivity contribution >= 4 is 11.6 Å². The van der Waals surface area contributed by atoms with Gasteiger partial charge in [-0.3, -0.25) is 9.78 Å². The number of pyridine rings is 1. The maximum Gasteiger partial charge on any atom is 0.418 e. The number of carbonyl (C=O) groups is 1. The lowest BCUT2D eigenvalue weighted by molar-refractivity contribution is -0.137. The Morgan fingerprint density at radius 2 is 2.00 bits per heavy atom. The number of fused-ring (bicyclic) bond motifs is 1. The summed E-state index contributed by atoms with van der Waals surface area (Å²) in [6.07, 6.45) is -2.24. The van der Waals surface area contributed by atoms with Crippen LogP contribution in [0.5, 0.6) is 0 Å². The van der Waals surface area contributed by atoms with E-state index in [0.29, 0.717) is 5.56 Å². The summed E-state index contributed by atoms with van der Waals surface area (Å²) >= 11 is 0. The molecule has 3 rings (SSSR count). The van der Waals surface area contributed by atoms with Crippen LogP contribution in [0, 0.1) is 12.7 Å². The number of halogens is 4. The Hall–Kier alpha value is -2.44. The minimum absolute atomic E-state index is 0.0447. The van der Waals surface area contributed by atoms with Gasteiger partial charge in [-0.2, -0.15) is 13.2 Å². The summed E-state index contributed by atoms with van der Waals surface area (Å²) in [7, 11) is 0. The second kappa shape index (κ2) is 5.33. The zero-order valence-corrected chi connectivity index (χ0v) is 12.1. The molecule has 1 aliphatic heterocycles. The van der Waals surface area contributed by atoms with Crippen LogP contribution < -0.4 is 4.90 Å². The van der Waals surface area contributed by atoms with E-state index >= 15 is 0 Å². The van der Waals surface area contributed by atoms with Gasteiger partial charge in [0.15, 0.2) is 0 Å². The third kappa shape index (κ3) is 2.67. The summed E-state index contributed by atoms with van der Waals surface area (Å²) in [4.78, 5) is 17.3. The van der Waals surface area contributed by atoms with Crippen LogP contribution in [-0.2, 0) is 12.6 Å². The highest BCUT2D eigenvalue weighted by Gasteiger charge is 2.37. The van der Waals surface area contributed by atoms with E-state index in [1.54, 1.807) is 0 Å². The number of amides is 1. The number of aryl methyl sites for hydroxylation is 1. The molecule has 0 atom stereocenters. The van der Waals surface area contributed by atoms with Crippen LogP contribution in [0.3, 0.4) is 0 Å². The van der Waals surface area contributed by atoms with Gasteiger partial charge in [0.05, 0.1) is 17.4 Å². The van der Waals surface area contributed by atoms with Crippen molar-refractivity contribution in [3.8, 4) is 0 Å². The van der Waals surface area contributed by atoms with Gasteiger partial charge in [0.2, 0.25) is 0 Å². The predicted octanol–water partition coefficient (Wildman–Crippen LogP) is 3.75. The molecule has 1 amide bonds. The maximum absolute atomic E-state index is 13.6. The summed E-state index contributed by atoms with van der Waals surface area (Å²) < 4.78 is 53.0. The number of carbonyl (C=O) groups excluding carboxylic acids is 1. The van der Waals surface area contributed by atoms with Gasteiger partial charge in [0, 0.05) is 18.3 Å². The van der Waals surface area contributed by atoms with E-state index in [-0.39, 0.29) is 29.8 Å². The highest BCUT2D eigenvalue weighted by Crippen LogP contribution is 2.37. The summed E-state index contributed by atoms with van der Waals surface area (Å²) in [5, 5.41) is 0. The Morgan fingerprint density at radius 3 is 2.70 bits per heavy atom. The van der Waals surface area contributed by atoms with Gasteiger partial charge >= 0.3 is 6.18 Å². The van der Waals surface area contributed by atoms with Crippen molar-refractivity contribution in [1.82, 2.24) is 4.98 Å². The first-order valence-corrected chi connectivity index (χ1v) is 6.91. The first-order chi connectivity index (χ1) is 10.8. The third-order valence-electron chi connectivity index (χ3n) is 3.86. The van der Waals surface area contributed by atoms with Crippen molar-refractivity contribution in [2.75, 3.05) is 11.4 Å². The van der Waals surface area contributed by atoms with Crippen LogP contribution >= 0.6 is 0 Å². The van der Waals surface area contributed by atoms with Crippen LogP contribution in [0.25, 0.3) is 0 Å². The van der Waals surface area contributed by atoms with Gasteiger partial charge in [-0.15, -0.1) is 0 Å². The molecule has 0 spiro atoms. The van der Waals surface area contributed by atoms with Crippen molar-refractivity contribution in [2.45, 2.75) is 19.5 Å². The van der Waals surface area contributed by atoms with Crippen molar-refractivity contribution in [3.05, 3.63) is 58.7 Å². The Labute approximate surface area is 129 Å². The van der Waals surface area contributed by atoms with Crippen LogP contribution in [0.4, 0.5) is 23.2 Å². The van der Waals surface area contributed by atoms with Crippen LogP contribution in [0.1, 0.15) is 27.0 Å². The SMILES string of the molecule is Cc1cc2c(cc1F)CCN(c1cnccc1C(F)(F)F)C2=O. The Kier molecular flexibility index (Phi) is 3.58. The number of benzene rings is 1. The first-order valence-electron chi connectivity index (χ1n) is 6.91. The molecule has 0 bridgehead atoms. The smallest absolute Gasteiger partial charge is 0.306 e. The van der Waals surface area contributed by atoms with Crippen molar-refractivity contribution in [3.63, 3.8) is 0 Å². The topological polar surface area (TPSA) is 33.2 Å². The number of rotatable bonds is 1. The van der Waals surface area contributed by atoms with Crippen molar-refractivity contribution in [1.29, 1.82) is 0 Å². The van der Waals surface area contributed by atoms with E-state index in [1.165, 1.54) is 19.1 Å². The highest BCUT2D eigenvalue weighted by atomic mass is 19.4. The van der Waals surface area contributed by atoms with Crippen LogP contribution in [-0.4, -0.2) is 17.4 Å². The van der Waals surface area contributed by atoms with Gasteiger partial charge in [0.1, 0.15) is 5.82 Å². The molecule has 1 aliphatic rings. The molecule has 1 aromatic carbocycles. The van der Waals surface area contributed by atoms with Gasteiger partial charge in [-0.1, -0.05) is 0 Å². The normalized spacial score (nSPS) is 14.8. The molecule has 0 saturated carbocycles. The summed E-state index contributed by atoms with van der Waals surface area (Å²) in [5.41, 5.74) is -0.180. The Bertz CT molecular complexity index is 786. The lowest BCUT2D eigenvalue weighted by atomic mass is 9.96. The molecule has 0 unspecified atom stereocenters. The van der Waals surface area contributed by atoms with E-state index in [9.17, 15) is 22.4 Å². The third-order valence-corrected chi connectivity index (χ3v) is 3.86. The highest BCUT2D eigenvalue weighted by molar-refractivity contribution is 6.08. The van der Waals surface area contributed by atoms with Crippen molar-refractivity contribution < 1.29 is 22.4 Å². The van der Waals surface area contributed by atoms with Gasteiger partial charge < -0.3 is 4.90 Å². The van der Waals surface area contributed by atoms with E-state index in [4.69, 9.17) is 0 Å². The molecular formula is C16H12F4N2O. The van der Waals surface area contributed by atoms with Crippen molar-refractivity contribution in [2.24, 2.45) is 0 Å². The molecule has 0 fully saturated rings. The Balaban J connectivity index is 2.07. The fourth-order valence-electron chi connectivity index (χ4n) is 2.68. The number of nitrogens with zero attached hydrogens (tertiary/aromatic N) is 2. The number of alkyl halides is 3. The van der Waals surface area contributed by atoms with Crippen LogP contribution in [0.15, 0.2) is 30.6 Å². The molecule has 0 aliphatic carbocycles. The van der Waals surface area contributed by atoms with E-state index < -0.39 is 23.5 Å². The molecule has 7 heteroatoms.